The van der Waals surface area contributed by atoms with Gasteiger partial charge in [-0.25, -0.2) is 0 Å². The fourth-order valence-corrected chi connectivity index (χ4v) is 2.48. The summed E-state index contributed by atoms with van der Waals surface area (Å²) in [5.74, 6) is 1.25. The molecule has 3 rings (SSSR count). The minimum atomic E-state index is -0.505. The quantitative estimate of drug-likeness (QED) is 0.346. The van der Waals surface area contributed by atoms with Gasteiger partial charge in [-0.05, 0) is 60.2 Å². The van der Waals surface area contributed by atoms with Crippen LogP contribution in [0.1, 0.15) is 22.3 Å². The lowest BCUT2D eigenvalue weighted by atomic mass is 10.1. The van der Waals surface area contributed by atoms with Crippen LogP contribution >= 0.6 is 0 Å². The highest BCUT2D eigenvalue weighted by Crippen LogP contribution is 2.24. The molecule has 0 N–H and O–H groups in total. The number of rotatable bonds is 5. The Balaban J connectivity index is 1.74. The van der Waals surface area contributed by atoms with E-state index < -0.39 is 4.92 Å². The monoisotopic (exact) mass is 367 g/mol. The van der Waals surface area contributed by atoms with Gasteiger partial charge in [-0.15, -0.1) is 0 Å². The molecule has 0 aliphatic carbocycles. The molecule has 0 aromatic heterocycles. The fraction of sp³-hybridized carbons (Fsp3) is 0. The molecule has 6 nitrogen and oxygen atoms in total. The summed E-state index contributed by atoms with van der Waals surface area (Å²) in [6, 6.07) is 22.3. The maximum absolute atomic E-state index is 11.2. The van der Waals surface area contributed by atoms with Crippen LogP contribution in [0, 0.1) is 32.8 Å². The first-order valence-corrected chi connectivity index (χ1v) is 8.24. The van der Waals surface area contributed by atoms with E-state index in [1.165, 1.54) is 6.07 Å². The third-order valence-corrected chi connectivity index (χ3v) is 3.91. The van der Waals surface area contributed by atoms with E-state index in [1.807, 2.05) is 24.3 Å². The van der Waals surface area contributed by atoms with Crippen LogP contribution in [-0.4, -0.2) is 4.92 Å². The van der Waals surface area contributed by atoms with Crippen LogP contribution in [0.5, 0.6) is 11.5 Å². The average molecular weight is 367 g/mol. The molecule has 0 unspecified atom stereocenters. The van der Waals surface area contributed by atoms with E-state index in [4.69, 9.17) is 15.3 Å². The topological polar surface area (TPSA) is 99.9 Å². The Kier molecular flexibility index (Phi) is 5.45. The molecule has 0 heterocycles. The van der Waals surface area contributed by atoms with Gasteiger partial charge in [0.05, 0.1) is 33.8 Å². The number of ether oxygens (including phenoxy) is 1. The third kappa shape index (κ3) is 4.40. The summed E-state index contributed by atoms with van der Waals surface area (Å²) in [5.41, 5.74) is 1.95. The van der Waals surface area contributed by atoms with Crippen molar-refractivity contribution in [2.45, 2.75) is 0 Å². The van der Waals surface area contributed by atoms with Crippen molar-refractivity contribution < 1.29 is 9.66 Å². The van der Waals surface area contributed by atoms with Gasteiger partial charge in [0.25, 0.3) is 5.69 Å². The van der Waals surface area contributed by atoms with Gasteiger partial charge in [-0.1, -0.05) is 18.2 Å². The lowest BCUT2D eigenvalue weighted by Crippen LogP contribution is -1.92. The zero-order chi connectivity index (χ0) is 19.9. The average Bonchev–Trinajstić information content (AvgIpc) is 2.73. The number of nitro benzene ring substituents is 1. The van der Waals surface area contributed by atoms with Crippen LogP contribution < -0.4 is 4.74 Å². The molecule has 0 bridgehead atoms. The largest absolute Gasteiger partial charge is 0.457 e. The number of hydrogen-bond acceptors (Lipinski definition) is 5. The Bertz CT molecular complexity index is 1120. The van der Waals surface area contributed by atoms with E-state index in [9.17, 15) is 10.1 Å². The van der Waals surface area contributed by atoms with Gasteiger partial charge in [0.2, 0.25) is 0 Å². The summed E-state index contributed by atoms with van der Waals surface area (Å²) < 4.78 is 5.72. The summed E-state index contributed by atoms with van der Waals surface area (Å²) in [6.45, 7) is 0. The normalized spacial score (nSPS) is 10.2. The molecular weight excluding hydrogens is 354 g/mol. The molecule has 0 atom stereocenters. The second-order valence-electron chi connectivity index (χ2n) is 5.78. The van der Waals surface area contributed by atoms with Gasteiger partial charge in [-0.3, -0.25) is 10.1 Å². The van der Waals surface area contributed by atoms with Crippen molar-refractivity contribution in [1.29, 1.82) is 10.5 Å². The van der Waals surface area contributed by atoms with Gasteiger partial charge in [0.1, 0.15) is 11.5 Å². The Morgan fingerprint density at radius 1 is 0.821 bits per heavy atom. The van der Waals surface area contributed by atoms with Crippen LogP contribution in [0.2, 0.25) is 0 Å². The molecule has 0 fully saturated rings. The van der Waals surface area contributed by atoms with Crippen LogP contribution in [0.3, 0.4) is 0 Å². The van der Waals surface area contributed by atoms with Crippen LogP contribution in [0.15, 0.2) is 66.7 Å². The lowest BCUT2D eigenvalue weighted by Gasteiger charge is -2.05. The van der Waals surface area contributed by atoms with Gasteiger partial charge in [0.15, 0.2) is 0 Å². The first kappa shape index (κ1) is 18.4. The zero-order valence-electron chi connectivity index (χ0n) is 14.6. The minimum Gasteiger partial charge on any atom is -0.457 e. The van der Waals surface area contributed by atoms with Crippen LogP contribution in [0.4, 0.5) is 5.69 Å². The molecule has 0 spiro atoms. The fourth-order valence-electron chi connectivity index (χ4n) is 2.48. The van der Waals surface area contributed by atoms with Crippen molar-refractivity contribution in [3.63, 3.8) is 0 Å². The van der Waals surface area contributed by atoms with Crippen molar-refractivity contribution in [2.24, 2.45) is 0 Å². The van der Waals surface area contributed by atoms with E-state index in [0.717, 1.165) is 5.56 Å². The summed E-state index contributed by atoms with van der Waals surface area (Å²) in [7, 11) is 0. The summed E-state index contributed by atoms with van der Waals surface area (Å²) in [6.07, 6.45) is 3.38. The summed E-state index contributed by atoms with van der Waals surface area (Å²) in [4.78, 5) is 10.7. The van der Waals surface area contributed by atoms with Gasteiger partial charge >= 0.3 is 0 Å². The molecule has 0 saturated heterocycles. The summed E-state index contributed by atoms with van der Waals surface area (Å²) in [5, 5.41) is 28.9. The Hall–Kier alpha value is -4.42. The lowest BCUT2D eigenvalue weighted by molar-refractivity contribution is -0.385. The highest BCUT2D eigenvalue weighted by atomic mass is 16.6. The van der Waals surface area contributed by atoms with Crippen molar-refractivity contribution >= 4 is 17.8 Å². The third-order valence-electron chi connectivity index (χ3n) is 3.91. The van der Waals surface area contributed by atoms with E-state index >= 15 is 0 Å². The van der Waals surface area contributed by atoms with Crippen molar-refractivity contribution in [3.8, 4) is 23.6 Å². The number of hydrogen-bond donors (Lipinski definition) is 0. The van der Waals surface area contributed by atoms with Gasteiger partial charge in [0, 0.05) is 6.07 Å². The second kappa shape index (κ2) is 8.31. The molecule has 0 aliphatic rings. The Morgan fingerprint density at radius 3 is 1.96 bits per heavy atom. The number of benzene rings is 3. The Morgan fingerprint density at radius 2 is 1.39 bits per heavy atom. The van der Waals surface area contributed by atoms with E-state index in [1.54, 1.807) is 60.7 Å². The minimum absolute atomic E-state index is 0.115. The first-order valence-electron chi connectivity index (χ1n) is 8.24. The molecule has 3 aromatic rings. The first-order chi connectivity index (χ1) is 13.6. The maximum atomic E-state index is 11.2. The molecule has 0 radical (unpaired) electrons. The Labute approximate surface area is 161 Å². The van der Waals surface area contributed by atoms with Gasteiger partial charge < -0.3 is 4.74 Å². The highest BCUT2D eigenvalue weighted by Gasteiger charge is 2.12. The predicted octanol–water partition coefficient (Wildman–Crippen LogP) is 5.30. The standard InChI is InChI=1S/C22H13N3O3/c23-14-17-5-11-21(12-6-17)28-20-9-3-16(4-10-20)1-7-19-8-2-18(15-24)13-22(19)25(26)27/h1-13H/b7-1+. The van der Waals surface area contributed by atoms with Crippen molar-refractivity contribution in [1.82, 2.24) is 0 Å². The molecule has 3 aromatic carbocycles. The van der Waals surface area contributed by atoms with Crippen molar-refractivity contribution in [2.75, 3.05) is 0 Å². The molecular formula is C22H13N3O3. The molecule has 6 heteroatoms. The maximum Gasteiger partial charge on any atom is 0.277 e. The molecule has 28 heavy (non-hydrogen) atoms. The van der Waals surface area contributed by atoms with E-state index in [2.05, 4.69) is 0 Å². The van der Waals surface area contributed by atoms with E-state index in [-0.39, 0.29) is 11.3 Å². The smallest absolute Gasteiger partial charge is 0.277 e. The van der Waals surface area contributed by atoms with Crippen LogP contribution in [0.25, 0.3) is 12.2 Å². The van der Waals surface area contributed by atoms with Crippen LogP contribution in [-0.2, 0) is 0 Å². The van der Waals surface area contributed by atoms with E-state index in [0.29, 0.717) is 22.6 Å². The number of nitrogens with zero attached hydrogens (tertiary/aromatic N) is 3. The number of nitro groups is 1. The molecule has 0 aliphatic heterocycles. The number of nitriles is 2. The van der Waals surface area contributed by atoms with Crippen molar-refractivity contribution in [3.05, 3.63) is 99.1 Å². The van der Waals surface area contributed by atoms with Gasteiger partial charge in [-0.2, -0.15) is 10.5 Å². The molecule has 0 saturated carbocycles. The molecule has 134 valence electrons. The predicted molar refractivity (Wildman–Crippen MR) is 104 cm³/mol. The summed E-state index contributed by atoms with van der Waals surface area (Å²) >= 11 is 0. The molecule has 0 amide bonds. The highest BCUT2D eigenvalue weighted by molar-refractivity contribution is 5.74. The zero-order valence-corrected chi connectivity index (χ0v) is 14.6. The SMILES string of the molecule is N#Cc1ccc(Oc2ccc(/C=C/c3ccc(C#N)cc3[N+](=O)[O-])cc2)cc1. The second-order valence-corrected chi connectivity index (χ2v) is 5.78.